The standard InChI is InChI=1S/C4H5N.C2H2O4/c1-2-4-5-3-1;3-1(4)2(5)6/h1-5H;(H,3,4)(H,5,6). The zero-order chi connectivity index (χ0) is 8.69. The lowest BCUT2D eigenvalue weighted by molar-refractivity contribution is -0.159. The second kappa shape index (κ2) is 5.04. The average Bonchev–Trinajstić information content (AvgIpc) is 2.41. The van der Waals surface area contributed by atoms with Gasteiger partial charge in [0.2, 0.25) is 0 Å². The molecule has 1 aromatic heterocycles. The number of hydrogen-bond donors (Lipinski definition) is 3. The average molecular weight is 157 g/mol. The highest BCUT2D eigenvalue weighted by Gasteiger charge is 2.04. The molecule has 0 spiro atoms. The molecule has 11 heavy (non-hydrogen) atoms. The SMILES string of the molecule is O=C(O)C(=O)O.c1cc[nH]c1. The maximum Gasteiger partial charge on any atom is 0.414 e. The minimum atomic E-state index is -1.82. The molecule has 0 amide bonds. The highest BCUT2D eigenvalue weighted by atomic mass is 16.4. The predicted molar refractivity (Wildman–Crippen MR) is 36.1 cm³/mol. The Bertz CT molecular complexity index is 187. The molecule has 5 nitrogen and oxygen atoms in total. The van der Waals surface area contributed by atoms with E-state index >= 15 is 0 Å². The summed E-state index contributed by atoms with van der Waals surface area (Å²) in [7, 11) is 0. The molecular formula is C6H7NO4. The van der Waals surface area contributed by atoms with Gasteiger partial charge in [0.15, 0.2) is 0 Å². The van der Waals surface area contributed by atoms with Crippen molar-refractivity contribution in [2.75, 3.05) is 0 Å². The lowest BCUT2D eigenvalue weighted by atomic mass is 10.7. The Morgan fingerprint density at radius 2 is 1.36 bits per heavy atom. The Balaban J connectivity index is 0.000000183. The summed E-state index contributed by atoms with van der Waals surface area (Å²) >= 11 is 0. The maximum absolute atomic E-state index is 9.10. The van der Waals surface area contributed by atoms with Crippen LogP contribution in [0.25, 0.3) is 0 Å². The number of H-pyrrole nitrogens is 1. The van der Waals surface area contributed by atoms with Crippen molar-refractivity contribution >= 4 is 11.9 Å². The van der Waals surface area contributed by atoms with Gasteiger partial charge in [-0.25, -0.2) is 9.59 Å². The van der Waals surface area contributed by atoms with Gasteiger partial charge in [0.1, 0.15) is 0 Å². The molecule has 0 saturated carbocycles. The van der Waals surface area contributed by atoms with Gasteiger partial charge in [0.05, 0.1) is 0 Å². The first-order valence-corrected chi connectivity index (χ1v) is 2.68. The predicted octanol–water partition coefficient (Wildman–Crippen LogP) is 0.170. The van der Waals surface area contributed by atoms with E-state index in [4.69, 9.17) is 19.8 Å². The van der Waals surface area contributed by atoms with Crippen LogP contribution in [0, 0.1) is 0 Å². The van der Waals surface area contributed by atoms with Crippen molar-refractivity contribution in [2.45, 2.75) is 0 Å². The third-order valence-corrected chi connectivity index (χ3v) is 0.679. The first-order chi connectivity index (χ1) is 5.14. The van der Waals surface area contributed by atoms with Crippen molar-refractivity contribution in [1.29, 1.82) is 0 Å². The number of carboxylic acids is 2. The molecular weight excluding hydrogens is 150 g/mol. The van der Waals surface area contributed by atoms with Crippen LogP contribution in [0.2, 0.25) is 0 Å². The highest BCUT2D eigenvalue weighted by molar-refractivity contribution is 6.27. The molecule has 0 atom stereocenters. The van der Waals surface area contributed by atoms with Crippen LogP contribution in [0.5, 0.6) is 0 Å². The molecule has 0 saturated heterocycles. The second-order valence-electron chi connectivity index (χ2n) is 1.50. The van der Waals surface area contributed by atoms with Crippen LogP contribution in [0.1, 0.15) is 0 Å². The summed E-state index contributed by atoms with van der Waals surface area (Å²) in [5, 5.41) is 14.8. The minimum absolute atomic E-state index is 1.82. The number of aromatic nitrogens is 1. The molecule has 0 aliphatic heterocycles. The fourth-order valence-electron chi connectivity index (χ4n) is 0.278. The van der Waals surface area contributed by atoms with E-state index in [-0.39, 0.29) is 0 Å². The van der Waals surface area contributed by atoms with Crippen molar-refractivity contribution in [2.24, 2.45) is 0 Å². The summed E-state index contributed by atoms with van der Waals surface area (Å²) in [6.07, 6.45) is 3.75. The molecule has 1 aromatic rings. The molecule has 1 rings (SSSR count). The lowest BCUT2D eigenvalue weighted by Gasteiger charge is -1.72. The number of aliphatic carboxylic acids is 2. The van der Waals surface area contributed by atoms with E-state index in [9.17, 15) is 0 Å². The zero-order valence-corrected chi connectivity index (χ0v) is 5.52. The van der Waals surface area contributed by atoms with Crippen molar-refractivity contribution in [3.05, 3.63) is 24.5 Å². The van der Waals surface area contributed by atoms with Gasteiger partial charge in [-0.1, -0.05) is 0 Å². The molecule has 5 heteroatoms. The van der Waals surface area contributed by atoms with Crippen molar-refractivity contribution < 1.29 is 19.8 Å². The van der Waals surface area contributed by atoms with Crippen LogP contribution >= 0.6 is 0 Å². The van der Waals surface area contributed by atoms with E-state index in [2.05, 4.69) is 4.98 Å². The zero-order valence-electron chi connectivity index (χ0n) is 5.52. The smallest absolute Gasteiger partial charge is 0.414 e. The van der Waals surface area contributed by atoms with Gasteiger partial charge in [-0.3, -0.25) is 0 Å². The second-order valence-corrected chi connectivity index (χ2v) is 1.50. The molecule has 1 heterocycles. The number of carboxylic acid groups (broad SMARTS) is 2. The first-order valence-electron chi connectivity index (χ1n) is 2.68. The Kier molecular flexibility index (Phi) is 4.22. The van der Waals surface area contributed by atoms with Gasteiger partial charge in [0.25, 0.3) is 0 Å². The van der Waals surface area contributed by atoms with Crippen LogP contribution in [0.15, 0.2) is 24.5 Å². The summed E-state index contributed by atoms with van der Waals surface area (Å²) in [5.74, 6) is -3.65. The van der Waals surface area contributed by atoms with E-state index < -0.39 is 11.9 Å². The van der Waals surface area contributed by atoms with E-state index in [0.29, 0.717) is 0 Å². The van der Waals surface area contributed by atoms with Crippen LogP contribution in [-0.4, -0.2) is 27.1 Å². The van der Waals surface area contributed by atoms with Gasteiger partial charge in [0, 0.05) is 12.4 Å². The fourth-order valence-corrected chi connectivity index (χ4v) is 0.278. The summed E-state index contributed by atoms with van der Waals surface area (Å²) in [5.41, 5.74) is 0. The fraction of sp³-hybridized carbons (Fsp3) is 0. The van der Waals surface area contributed by atoms with E-state index in [1.807, 2.05) is 24.5 Å². The monoisotopic (exact) mass is 157 g/mol. The largest absolute Gasteiger partial charge is 0.473 e. The van der Waals surface area contributed by atoms with Gasteiger partial charge < -0.3 is 15.2 Å². The number of carbonyl (C=O) groups is 2. The lowest BCUT2D eigenvalue weighted by Crippen LogP contribution is -2.09. The molecule has 0 aromatic carbocycles. The molecule has 0 unspecified atom stereocenters. The van der Waals surface area contributed by atoms with Gasteiger partial charge in [-0.15, -0.1) is 0 Å². The number of hydrogen-bond acceptors (Lipinski definition) is 2. The van der Waals surface area contributed by atoms with Gasteiger partial charge >= 0.3 is 11.9 Å². The number of rotatable bonds is 0. The summed E-state index contributed by atoms with van der Waals surface area (Å²) in [6.45, 7) is 0. The Hall–Kier alpha value is -1.78. The Labute approximate surface area is 62.3 Å². The Morgan fingerprint density at radius 1 is 1.00 bits per heavy atom. The topological polar surface area (TPSA) is 90.4 Å². The molecule has 3 N–H and O–H groups in total. The summed E-state index contributed by atoms with van der Waals surface area (Å²) in [4.78, 5) is 21.1. The van der Waals surface area contributed by atoms with Gasteiger partial charge in [-0.2, -0.15) is 0 Å². The van der Waals surface area contributed by atoms with E-state index in [0.717, 1.165) is 0 Å². The maximum atomic E-state index is 9.10. The molecule has 60 valence electrons. The van der Waals surface area contributed by atoms with Gasteiger partial charge in [-0.05, 0) is 12.1 Å². The molecule has 0 fully saturated rings. The first kappa shape index (κ1) is 9.22. The van der Waals surface area contributed by atoms with Crippen LogP contribution in [-0.2, 0) is 9.59 Å². The van der Waals surface area contributed by atoms with Crippen LogP contribution < -0.4 is 0 Å². The normalized spacial score (nSPS) is 7.64. The summed E-state index contributed by atoms with van der Waals surface area (Å²) in [6, 6.07) is 3.89. The van der Waals surface area contributed by atoms with Crippen molar-refractivity contribution in [1.82, 2.24) is 4.98 Å². The third kappa shape index (κ3) is 6.10. The number of nitrogens with one attached hydrogen (secondary N) is 1. The molecule has 0 radical (unpaired) electrons. The van der Waals surface area contributed by atoms with Crippen LogP contribution in [0.4, 0.5) is 0 Å². The quantitative estimate of drug-likeness (QED) is 0.468. The Morgan fingerprint density at radius 3 is 1.45 bits per heavy atom. The number of aromatic amines is 1. The molecule has 0 aliphatic carbocycles. The molecule has 0 aliphatic rings. The third-order valence-electron chi connectivity index (χ3n) is 0.679. The van der Waals surface area contributed by atoms with Crippen molar-refractivity contribution in [3.63, 3.8) is 0 Å². The van der Waals surface area contributed by atoms with Crippen molar-refractivity contribution in [3.8, 4) is 0 Å². The molecule has 0 bridgehead atoms. The minimum Gasteiger partial charge on any atom is -0.473 e. The summed E-state index contributed by atoms with van der Waals surface area (Å²) < 4.78 is 0. The van der Waals surface area contributed by atoms with E-state index in [1.165, 1.54) is 0 Å². The van der Waals surface area contributed by atoms with Crippen LogP contribution in [0.3, 0.4) is 0 Å². The van der Waals surface area contributed by atoms with E-state index in [1.54, 1.807) is 0 Å². The highest BCUT2D eigenvalue weighted by Crippen LogP contribution is 1.72.